The van der Waals surface area contributed by atoms with E-state index in [1.165, 1.54) is 19.3 Å². The second-order valence-corrected chi connectivity index (χ2v) is 6.48. The quantitative estimate of drug-likeness (QED) is 0.790. The van der Waals surface area contributed by atoms with Gasteiger partial charge in [-0.3, -0.25) is 4.79 Å². The van der Waals surface area contributed by atoms with Gasteiger partial charge >= 0.3 is 0 Å². The maximum atomic E-state index is 12.1. The molecule has 1 N–H and O–H groups in total. The molecule has 0 aromatic carbocycles. The Kier molecular flexibility index (Phi) is 2.89. The van der Waals surface area contributed by atoms with Crippen molar-refractivity contribution in [3.05, 3.63) is 0 Å². The molecule has 0 bridgehead atoms. The first-order chi connectivity index (χ1) is 8.13. The van der Waals surface area contributed by atoms with Crippen LogP contribution in [0.15, 0.2) is 0 Å². The highest BCUT2D eigenvalue weighted by atomic mass is 16.1. The van der Waals surface area contributed by atoms with Gasteiger partial charge in [0.1, 0.15) is 0 Å². The largest absolute Gasteiger partial charge is 0.353 e. The van der Waals surface area contributed by atoms with Crippen LogP contribution in [0.3, 0.4) is 0 Å². The third-order valence-electron chi connectivity index (χ3n) is 5.17. The summed E-state index contributed by atoms with van der Waals surface area (Å²) in [6.45, 7) is 3.37. The van der Waals surface area contributed by atoms with Crippen molar-refractivity contribution in [1.82, 2.24) is 10.2 Å². The van der Waals surface area contributed by atoms with Gasteiger partial charge in [-0.15, -0.1) is 0 Å². The van der Waals surface area contributed by atoms with Crippen molar-refractivity contribution < 1.29 is 4.79 Å². The van der Waals surface area contributed by atoms with E-state index in [2.05, 4.69) is 24.2 Å². The highest BCUT2D eigenvalue weighted by Crippen LogP contribution is 2.54. The molecular formula is C14H24N2O. The Bertz CT molecular complexity index is 307. The minimum atomic E-state index is 0.341. The molecule has 4 unspecified atom stereocenters. The van der Waals surface area contributed by atoms with Crippen LogP contribution in [0.2, 0.25) is 0 Å². The first-order valence-corrected chi connectivity index (χ1v) is 7.14. The van der Waals surface area contributed by atoms with Gasteiger partial charge in [-0.2, -0.15) is 0 Å². The Labute approximate surface area is 104 Å². The summed E-state index contributed by atoms with van der Waals surface area (Å²) >= 11 is 0. The Balaban J connectivity index is 1.48. The molecule has 1 saturated heterocycles. The fourth-order valence-electron chi connectivity index (χ4n) is 3.67. The van der Waals surface area contributed by atoms with Crippen LogP contribution in [-0.4, -0.2) is 36.5 Å². The predicted molar refractivity (Wildman–Crippen MR) is 67.6 cm³/mol. The van der Waals surface area contributed by atoms with Gasteiger partial charge in [-0.05, 0) is 57.9 Å². The van der Waals surface area contributed by atoms with E-state index in [4.69, 9.17) is 0 Å². The van der Waals surface area contributed by atoms with Crippen molar-refractivity contribution in [2.24, 2.45) is 17.8 Å². The number of amides is 1. The molecule has 1 aliphatic heterocycles. The van der Waals surface area contributed by atoms with Gasteiger partial charge in [-0.25, -0.2) is 0 Å². The molecule has 3 rings (SSSR count). The Morgan fingerprint density at radius 1 is 1.18 bits per heavy atom. The monoisotopic (exact) mass is 236 g/mol. The molecule has 0 spiro atoms. The second-order valence-electron chi connectivity index (χ2n) is 6.48. The number of piperidine rings is 1. The zero-order valence-corrected chi connectivity index (χ0v) is 11.0. The van der Waals surface area contributed by atoms with E-state index in [1.807, 2.05) is 0 Å². The van der Waals surface area contributed by atoms with Gasteiger partial charge in [0.2, 0.25) is 5.91 Å². The van der Waals surface area contributed by atoms with Gasteiger partial charge in [0.15, 0.2) is 0 Å². The van der Waals surface area contributed by atoms with E-state index < -0.39 is 0 Å². The summed E-state index contributed by atoms with van der Waals surface area (Å²) < 4.78 is 0. The first kappa shape index (κ1) is 11.5. The van der Waals surface area contributed by atoms with Crippen LogP contribution in [0.1, 0.15) is 39.0 Å². The van der Waals surface area contributed by atoms with E-state index in [9.17, 15) is 4.79 Å². The predicted octanol–water partition coefficient (Wildman–Crippen LogP) is 1.63. The fraction of sp³-hybridized carbons (Fsp3) is 0.929. The van der Waals surface area contributed by atoms with Gasteiger partial charge < -0.3 is 10.2 Å². The molecule has 0 aromatic heterocycles. The lowest BCUT2D eigenvalue weighted by Gasteiger charge is -2.35. The average molecular weight is 236 g/mol. The minimum Gasteiger partial charge on any atom is -0.353 e. The number of hydrogen-bond donors (Lipinski definition) is 1. The zero-order valence-electron chi connectivity index (χ0n) is 11.0. The summed E-state index contributed by atoms with van der Waals surface area (Å²) in [4.78, 5) is 14.5. The molecule has 0 radical (unpaired) electrons. The second kappa shape index (κ2) is 4.27. The number of nitrogens with one attached hydrogen (secondary N) is 1. The van der Waals surface area contributed by atoms with Gasteiger partial charge in [-0.1, -0.05) is 0 Å². The Morgan fingerprint density at radius 3 is 2.53 bits per heavy atom. The normalized spacial score (nSPS) is 45.4. The van der Waals surface area contributed by atoms with E-state index in [0.717, 1.165) is 31.2 Å². The topological polar surface area (TPSA) is 32.3 Å². The maximum absolute atomic E-state index is 12.1. The average Bonchev–Trinajstić information content (AvgIpc) is 2.91. The number of fused-ring (bicyclic) bond motifs is 1. The third kappa shape index (κ3) is 2.35. The summed E-state index contributed by atoms with van der Waals surface area (Å²) in [7, 11) is 2.17. The molecule has 3 heteroatoms. The Morgan fingerprint density at radius 2 is 1.88 bits per heavy atom. The maximum Gasteiger partial charge on any atom is 0.223 e. The number of carbonyl (C=O) groups is 1. The molecule has 2 saturated carbocycles. The molecular weight excluding hydrogens is 212 g/mol. The highest BCUT2D eigenvalue weighted by molar-refractivity contribution is 5.79. The Hall–Kier alpha value is -0.570. The van der Waals surface area contributed by atoms with Crippen molar-refractivity contribution in [2.45, 2.75) is 51.1 Å². The van der Waals surface area contributed by atoms with Crippen LogP contribution < -0.4 is 5.32 Å². The fourth-order valence-corrected chi connectivity index (χ4v) is 3.67. The summed E-state index contributed by atoms with van der Waals surface area (Å²) in [6, 6.07) is 1.02. The van der Waals surface area contributed by atoms with Crippen molar-refractivity contribution in [1.29, 1.82) is 0 Å². The minimum absolute atomic E-state index is 0.341. The van der Waals surface area contributed by atoms with Crippen LogP contribution in [0.5, 0.6) is 0 Å². The van der Waals surface area contributed by atoms with Gasteiger partial charge in [0.25, 0.3) is 0 Å². The SMILES string of the molecule is CC1CC(NC(=O)C2CC3CC3C2)CCN1C. The van der Waals surface area contributed by atoms with Crippen molar-refractivity contribution >= 4 is 5.91 Å². The number of nitrogens with zero attached hydrogens (tertiary/aromatic N) is 1. The van der Waals surface area contributed by atoms with Crippen LogP contribution in [0, 0.1) is 17.8 Å². The molecule has 0 aromatic rings. The lowest BCUT2D eigenvalue weighted by molar-refractivity contribution is -0.126. The molecule has 96 valence electrons. The highest BCUT2D eigenvalue weighted by Gasteiger charge is 2.48. The molecule has 2 aliphatic carbocycles. The first-order valence-electron chi connectivity index (χ1n) is 7.14. The van der Waals surface area contributed by atoms with Gasteiger partial charge in [0, 0.05) is 24.5 Å². The number of likely N-dealkylation sites (tertiary alicyclic amines) is 1. The molecule has 1 amide bonds. The molecule has 3 aliphatic rings. The standard InChI is InChI=1S/C14H24N2O/c1-9-5-13(3-4-16(9)2)15-14(17)12-7-10-6-11(10)8-12/h9-13H,3-8H2,1-2H3,(H,15,17). The van der Waals surface area contributed by atoms with Crippen LogP contribution in [-0.2, 0) is 4.79 Å². The summed E-state index contributed by atoms with van der Waals surface area (Å²) in [5, 5.41) is 3.29. The molecule has 1 heterocycles. The summed E-state index contributed by atoms with van der Waals surface area (Å²) in [5.41, 5.74) is 0. The summed E-state index contributed by atoms with van der Waals surface area (Å²) in [5.74, 6) is 2.50. The van der Waals surface area contributed by atoms with Crippen molar-refractivity contribution in [2.75, 3.05) is 13.6 Å². The van der Waals surface area contributed by atoms with E-state index in [1.54, 1.807) is 0 Å². The number of carbonyl (C=O) groups excluding carboxylic acids is 1. The lowest BCUT2D eigenvalue weighted by Crippen LogP contribution is -2.48. The lowest BCUT2D eigenvalue weighted by atomic mass is 9.97. The van der Waals surface area contributed by atoms with Gasteiger partial charge in [0.05, 0.1) is 0 Å². The van der Waals surface area contributed by atoms with E-state index in [0.29, 0.717) is 23.9 Å². The summed E-state index contributed by atoms with van der Waals surface area (Å²) in [6.07, 6.45) is 5.96. The number of rotatable bonds is 2. The zero-order chi connectivity index (χ0) is 12.0. The van der Waals surface area contributed by atoms with Crippen LogP contribution in [0.4, 0.5) is 0 Å². The van der Waals surface area contributed by atoms with Crippen molar-refractivity contribution in [3.8, 4) is 0 Å². The smallest absolute Gasteiger partial charge is 0.223 e. The van der Waals surface area contributed by atoms with Crippen LogP contribution in [0.25, 0.3) is 0 Å². The molecule has 4 atom stereocenters. The molecule has 17 heavy (non-hydrogen) atoms. The van der Waals surface area contributed by atoms with E-state index >= 15 is 0 Å². The molecule has 3 fully saturated rings. The van der Waals surface area contributed by atoms with E-state index in [-0.39, 0.29) is 0 Å². The van der Waals surface area contributed by atoms with Crippen LogP contribution >= 0.6 is 0 Å². The molecule has 3 nitrogen and oxygen atoms in total. The van der Waals surface area contributed by atoms with Crippen molar-refractivity contribution in [3.63, 3.8) is 0 Å². The third-order valence-corrected chi connectivity index (χ3v) is 5.17. The number of hydrogen-bond acceptors (Lipinski definition) is 2.